The minimum Gasteiger partial charge on any atom is -0.480 e. The zero-order valence-corrected chi connectivity index (χ0v) is 39.8. The highest BCUT2D eigenvalue weighted by Gasteiger charge is 2.43. The average Bonchev–Trinajstić information content (AvgIpc) is 4.09. The van der Waals surface area contributed by atoms with Crippen molar-refractivity contribution >= 4 is 65.8 Å². The predicted molar refractivity (Wildman–Crippen MR) is 241 cm³/mol. The van der Waals surface area contributed by atoms with Crippen LogP contribution in [0.3, 0.4) is 0 Å². The van der Waals surface area contributed by atoms with Gasteiger partial charge in [-0.3, -0.25) is 48.2 Å². The van der Waals surface area contributed by atoms with Gasteiger partial charge in [-0.2, -0.15) is 0 Å². The smallest absolute Gasteiger partial charge is 0.328 e. The number of aliphatic carboxylic acids is 1. The molecule has 25 nitrogen and oxygen atoms in total. The summed E-state index contributed by atoms with van der Waals surface area (Å²) in [5.74, 6) is -6.45. The lowest BCUT2D eigenvalue weighted by Gasteiger charge is -2.35. The minimum absolute atomic E-state index is 0.107. The number of hydrogen-bond acceptors (Lipinski definition) is 16. The molecule has 0 saturated carbocycles. The highest BCUT2D eigenvalue weighted by molar-refractivity contribution is 5.96. The molecule has 3 rings (SSSR count). The van der Waals surface area contributed by atoms with E-state index in [1.807, 2.05) is 6.92 Å². The van der Waals surface area contributed by atoms with E-state index in [2.05, 4.69) is 42.5 Å². The lowest BCUT2D eigenvalue weighted by Crippen LogP contribution is -2.64. The number of carboxylic acids is 1. The summed E-state index contributed by atoms with van der Waals surface area (Å²) in [6.45, 7) is 8.92. The van der Waals surface area contributed by atoms with Crippen LogP contribution in [-0.2, 0) is 52.7 Å². The maximum Gasteiger partial charge on any atom is 0.328 e. The first kappa shape index (κ1) is 56.7. The molecule has 3 saturated heterocycles. The number of rotatable bonds is 27. The molecule has 0 bridgehead atoms. The Morgan fingerprint density at radius 2 is 1.15 bits per heavy atom. The molecule has 382 valence electrons. The van der Waals surface area contributed by atoms with Crippen LogP contribution in [0.4, 0.5) is 0 Å². The van der Waals surface area contributed by atoms with E-state index < -0.39 is 120 Å². The number of hydrogen-bond donors (Lipinski definition) is 11. The average molecular weight is 966 g/mol. The number of amides is 8. The van der Waals surface area contributed by atoms with E-state index >= 15 is 0 Å². The fourth-order valence-corrected chi connectivity index (χ4v) is 8.41. The molecule has 3 heterocycles. The van der Waals surface area contributed by atoms with Gasteiger partial charge in [0.25, 0.3) is 0 Å². The number of nitrogens with one attached hydrogen (secondary N) is 8. The molecule has 3 aliphatic heterocycles. The third kappa shape index (κ3) is 15.7. The molecule has 68 heavy (non-hydrogen) atoms. The van der Waals surface area contributed by atoms with Crippen LogP contribution >= 0.6 is 0 Å². The Labute approximate surface area is 395 Å². The molecule has 8 amide bonds. The quantitative estimate of drug-likeness (QED) is 0.0270. The first-order valence-electron chi connectivity index (χ1n) is 23.1. The summed E-state index contributed by atoms with van der Waals surface area (Å²) in [5.41, 5.74) is -3.35. The number of carbonyl (C=O) groups excluding carboxylic acids is 10. The molecule has 0 aliphatic carbocycles. The van der Waals surface area contributed by atoms with E-state index in [1.54, 1.807) is 9.80 Å². The second-order valence-electron chi connectivity index (χ2n) is 18.1. The molecular formula is C43H71N11O14. The van der Waals surface area contributed by atoms with Crippen molar-refractivity contribution in [2.24, 2.45) is 0 Å². The Balaban J connectivity index is 1.56. The largest absolute Gasteiger partial charge is 0.480 e. The van der Waals surface area contributed by atoms with E-state index in [4.69, 9.17) is 5.11 Å². The second kappa shape index (κ2) is 26.2. The van der Waals surface area contributed by atoms with Gasteiger partial charge in [0, 0.05) is 32.6 Å². The van der Waals surface area contributed by atoms with E-state index in [1.165, 1.54) is 39.5 Å². The third-order valence-corrected chi connectivity index (χ3v) is 12.3. The van der Waals surface area contributed by atoms with Gasteiger partial charge in [0.1, 0.15) is 59.9 Å². The van der Waals surface area contributed by atoms with Gasteiger partial charge in [0.2, 0.25) is 47.3 Å². The van der Waals surface area contributed by atoms with E-state index in [0.717, 1.165) is 0 Å². The first-order chi connectivity index (χ1) is 32.1. The first-order valence-corrected chi connectivity index (χ1v) is 23.1. The van der Waals surface area contributed by atoms with Crippen molar-refractivity contribution in [3.05, 3.63) is 0 Å². The van der Waals surface area contributed by atoms with E-state index in [9.17, 15) is 63.0 Å². The Morgan fingerprint density at radius 3 is 1.68 bits per heavy atom. The number of nitrogens with zero attached hydrogens (tertiary/aromatic N) is 3. The topological polar surface area (TPSA) is 354 Å². The lowest BCUT2D eigenvalue weighted by atomic mass is 10.00. The number of aldehydes is 2. The zero-order chi connectivity index (χ0) is 50.9. The SMILES string of the molecule is CCNCCC(=O)NC(C)C(=O)NC(C=O)(CO)CN1CCCC1C(=O)NC(C)C(=O)NC(C)(C=O)CN1CCCC1C(=O)NC(C)C(=O)N1CCCC1C(=O)NC(C)C(=O)NC(CO)C(=O)O. The van der Waals surface area contributed by atoms with Crippen LogP contribution in [0.25, 0.3) is 0 Å². The number of aliphatic hydroxyl groups is 2. The van der Waals surface area contributed by atoms with Crippen LogP contribution in [0.5, 0.6) is 0 Å². The molecule has 0 aromatic rings. The van der Waals surface area contributed by atoms with Gasteiger partial charge in [-0.05, 0) is 92.8 Å². The van der Waals surface area contributed by atoms with Gasteiger partial charge in [-0.15, -0.1) is 0 Å². The van der Waals surface area contributed by atoms with Gasteiger partial charge >= 0.3 is 5.97 Å². The Hall–Kier alpha value is -5.63. The van der Waals surface area contributed by atoms with Crippen molar-refractivity contribution in [1.82, 2.24) is 57.2 Å². The van der Waals surface area contributed by atoms with Crippen LogP contribution in [0.15, 0.2) is 0 Å². The monoisotopic (exact) mass is 966 g/mol. The van der Waals surface area contributed by atoms with Crippen molar-refractivity contribution < 1.29 is 68.1 Å². The third-order valence-electron chi connectivity index (χ3n) is 12.3. The van der Waals surface area contributed by atoms with Crippen molar-refractivity contribution in [1.29, 1.82) is 0 Å². The van der Waals surface area contributed by atoms with E-state index in [0.29, 0.717) is 70.9 Å². The van der Waals surface area contributed by atoms with Crippen LogP contribution in [0.2, 0.25) is 0 Å². The van der Waals surface area contributed by atoms with Crippen molar-refractivity contribution in [2.75, 3.05) is 59.0 Å². The summed E-state index contributed by atoms with van der Waals surface area (Å²) in [5, 5.41) is 49.3. The summed E-state index contributed by atoms with van der Waals surface area (Å²) in [6.07, 6.45) is 3.53. The van der Waals surface area contributed by atoms with Crippen molar-refractivity contribution in [2.45, 2.75) is 146 Å². The molecule has 0 radical (unpaired) electrons. The van der Waals surface area contributed by atoms with Gasteiger partial charge in [-0.1, -0.05) is 6.92 Å². The maximum atomic E-state index is 13.6. The minimum atomic E-state index is -1.81. The number of likely N-dealkylation sites (tertiary alicyclic amines) is 3. The molecule has 10 atom stereocenters. The molecule has 11 N–H and O–H groups in total. The highest BCUT2D eigenvalue weighted by Crippen LogP contribution is 2.23. The Kier molecular flexibility index (Phi) is 21.9. The second-order valence-corrected chi connectivity index (χ2v) is 18.1. The fraction of sp³-hybridized carbons (Fsp3) is 0.744. The standard InChI is InChI=1S/C43H71N11O14/c1-7-44-15-14-33(59)45-26(3)36(62)51-43(23-57,24-58)21-53-17-9-12-31(53)37(63)47-27(4)35(61)50-42(6,22-56)20-52-16-8-11-30(52)38(64)48-28(5)40(66)54-18-10-13-32(54)39(65)46-25(2)34(60)49-29(19-55)41(67)68/h22-23,25-32,44,55,58H,7-21,24H2,1-6H3,(H,45,59)(H,46,65)(H,47,63)(H,48,64)(H,49,60)(H,50,61)(H,51,62)(H,67,68). The number of carboxylic acid groups (broad SMARTS) is 1. The van der Waals surface area contributed by atoms with Crippen molar-refractivity contribution in [3.8, 4) is 0 Å². The Bertz CT molecular complexity index is 1860. The summed E-state index contributed by atoms with van der Waals surface area (Å²) < 4.78 is 0. The van der Waals surface area contributed by atoms with Gasteiger partial charge in [-0.25, -0.2) is 4.79 Å². The molecule has 3 aliphatic rings. The molecule has 0 aromatic heterocycles. The summed E-state index contributed by atoms with van der Waals surface area (Å²) in [4.78, 5) is 146. The maximum absolute atomic E-state index is 13.6. The van der Waals surface area contributed by atoms with Crippen molar-refractivity contribution in [3.63, 3.8) is 0 Å². The Morgan fingerprint density at radius 1 is 0.647 bits per heavy atom. The normalized spacial score (nSPS) is 22.4. The molecular weight excluding hydrogens is 895 g/mol. The molecule has 25 heteroatoms. The molecule has 0 spiro atoms. The summed E-state index contributed by atoms with van der Waals surface area (Å²) >= 11 is 0. The zero-order valence-electron chi connectivity index (χ0n) is 39.8. The van der Waals surface area contributed by atoms with Crippen LogP contribution < -0.4 is 42.5 Å². The van der Waals surface area contributed by atoms with Crippen LogP contribution in [-0.4, -0.2) is 214 Å². The summed E-state index contributed by atoms with van der Waals surface area (Å²) in [6, 6.07) is -8.67. The highest BCUT2D eigenvalue weighted by atomic mass is 16.4. The summed E-state index contributed by atoms with van der Waals surface area (Å²) in [7, 11) is 0. The molecule has 3 fully saturated rings. The molecule has 0 aromatic carbocycles. The lowest BCUT2D eigenvalue weighted by molar-refractivity contribution is -0.144. The predicted octanol–water partition coefficient (Wildman–Crippen LogP) is -5.39. The van der Waals surface area contributed by atoms with Gasteiger partial charge in [0.15, 0.2) is 0 Å². The van der Waals surface area contributed by atoms with Crippen LogP contribution in [0.1, 0.15) is 86.5 Å². The number of aliphatic hydroxyl groups excluding tert-OH is 2. The fourth-order valence-electron chi connectivity index (χ4n) is 8.41. The number of carbonyl (C=O) groups is 11. The molecule has 10 unspecified atom stereocenters. The van der Waals surface area contributed by atoms with E-state index in [-0.39, 0.29) is 38.4 Å². The van der Waals surface area contributed by atoms with Gasteiger partial charge in [0.05, 0.1) is 25.3 Å². The van der Waals surface area contributed by atoms with Gasteiger partial charge < -0.3 is 72.3 Å². The van der Waals surface area contributed by atoms with Crippen LogP contribution in [0, 0.1) is 0 Å².